The maximum absolute atomic E-state index is 5.55. The average molecular weight is 330 g/mol. The van der Waals surface area contributed by atoms with Gasteiger partial charge in [-0.25, -0.2) is 9.97 Å². The second-order valence-corrected chi connectivity index (χ2v) is 7.00. The van der Waals surface area contributed by atoms with Crippen LogP contribution in [0.15, 0.2) is 12.5 Å². The van der Waals surface area contributed by atoms with E-state index in [9.17, 15) is 0 Å². The lowest BCUT2D eigenvalue weighted by Gasteiger charge is -2.48. The Hall–Kier alpha value is -1.73. The second-order valence-electron chi connectivity index (χ2n) is 7.00. The third-order valence-electron chi connectivity index (χ3n) is 5.52. The summed E-state index contributed by atoms with van der Waals surface area (Å²) in [6.07, 6.45) is 10.1. The molecule has 0 amide bonds. The van der Waals surface area contributed by atoms with Crippen molar-refractivity contribution in [3.63, 3.8) is 0 Å². The topological polar surface area (TPSA) is 68.1 Å². The van der Waals surface area contributed by atoms with Gasteiger partial charge in [0, 0.05) is 32.2 Å². The smallest absolute Gasteiger partial charge is 0.224 e. The first-order chi connectivity index (χ1) is 11.8. The van der Waals surface area contributed by atoms with E-state index in [-0.39, 0.29) is 5.54 Å². The molecule has 0 aromatic carbocycles. The molecule has 2 aromatic heterocycles. The van der Waals surface area contributed by atoms with Gasteiger partial charge >= 0.3 is 0 Å². The van der Waals surface area contributed by atoms with Crippen LogP contribution in [0.3, 0.4) is 0 Å². The number of aryl methyl sites for hydroxylation is 1. The highest BCUT2D eigenvalue weighted by atomic mass is 16.5. The standard InChI is InChI=1S/C17H26N6O/c1-22-13-20-15-14(22)11-18-16(21-15)19-12-17(5-3-2-4-6-17)23-7-9-24-10-8-23/h11,13H,2-10,12H2,1H3,(H,18,19,21). The van der Waals surface area contributed by atoms with Gasteiger partial charge in [-0.3, -0.25) is 4.90 Å². The highest BCUT2D eigenvalue weighted by Crippen LogP contribution is 2.34. The van der Waals surface area contributed by atoms with Crippen molar-refractivity contribution in [1.29, 1.82) is 0 Å². The Morgan fingerprint density at radius 3 is 2.75 bits per heavy atom. The molecule has 2 fully saturated rings. The quantitative estimate of drug-likeness (QED) is 0.922. The number of fused-ring (bicyclic) bond motifs is 1. The molecule has 7 nitrogen and oxygen atoms in total. The van der Waals surface area contributed by atoms with Crippen LogP contribution in [0.1, 0.15) is 32.1 Å². The van der Waals surface area contributed by atoms with Crippen LogP contribution in [0, 0.1) is 0 Å². The van der Waals surface area contributed by atoms with E-state index in [2.05, 4.69) is 25.2 Å². The molecule has 2 aliphatic rings. The Labute approximate surface area is 142 Å². The van der Waals surface area contributed by atoms with Crippen molar-refractivity contribution < 1.29 is 4.74 Å². The monoisotopic (exact) mass is 330 g/mol. The van der Waals surface area contributed by atoms with Crippen LogP contribution < -0.4 is 5.32 Å². The fourth-order valence-electron chi connectivity index (χ4n) is 4.09. The van der Waals surface area contributed by atoms with Gasteiger partial charge in [-0.15, -0.1) is 0 Å². The SMILES string of the molecule is Cn1cnc2nc(NCC3(N4CCOCC4)CCCCC3)ncc21. The Morgan fingerprint density at radius 2 is 1.96 bits per heavy atom. The van der Waals surface area contributed by atoms with Crippen molar-refractivity contribution in [3.8, 4) is 0 Å². The molecule has 1 aliphatic heterocycles. The summed E-state index contributed by atoms with van der Waals surface area (Å²) in [7, 11) is 1.96. The average Bonchev–Trinajstić information content (AvgIpc) is 3.02. The zero-order valence-corrected chi connectivity index (χ0v) is 14.4. The molecule has 2 aromatic rings. The van der Waals surface area contributed by atoms with Crippen molar-refractivity contribution >= 4 is 17.1 Å². The van der Waals surface area contributed by atoms with Gasteiger partial charge < -0.3 is 14.6 Å². The molecule has 0 unspecified atom stereocenters. The number of rotatable bonds is 4. The van der Waals surface area contributed by atoms with Gasteiger partial charge in [0.05, 0.1) is 25.7 Å². The fraction of sp³-hybridized carbons (Fsp3) is 0.706. The third kappa shape index (κ3) is 2.98. The summed E-state index contributed by atoms with van der Waals surface area (Å²) < 4.78 is 7.49. The molecular weight excluding hydrogens is 304 g/mol. The molecule has 7 heteroatoms. The van der Waals surface area contributed by atoms with Crippen LogP contribution in [0.2, 0.25) is 0 Å². The minimum absolute atomic E-state index is 0.213. The number of nitrogens with one attached hydrogen (secondary N) is 1. The first-order valence-electron chi connectivity index (χ1n) is 8.98. The van der Waals surface area contributed by atoms with E-state index in [4.69, 9.17) is 4.74 Å². The molecule has 1 saturated heterocycles. The summed E-state index contributed by atoms with van der Waals surface area (Å²) in [5.74, 6) is 0.680. The van der Waals surface area contributed by atoms with E-state index in [1.54, 1.807) is 6.33 Å². The van der Waals surface area contributed by atoms with Gasteiger partial charge in [0.2, 0.25) is 5.95 Å². The number of anilines is 1. The van der Waals surface area contributed by atoms with E-state index in [0.717, 1.165) is 44.0 Å². The molecule has 3 heterocycles. The Bertz CT molecular complexity index is 687. The van der Waals surface area contributed by atoms with E-state index in [0.29, 0.717) is 5.95 Å². The van der Waals surface area contributed by atoms with Crippen LogP contribution in [-0.4, -0.2) is 62.8 Å². The Kier molecular flexibility index (Phi) is 4.37. The van der Waals surface area contributed by atoms with Crippen LogP contribution >= 0.6 is 0 Å². The normalized spacial score (nSPS) is 21.9. The van der Waals surface area contributed by atoms with Crippen LogP contribution in [0.25, 0.3) is 11.2 Å². The number of morpholine rings is 1. The molecule has 1 saturated carbocycles. The summed E-state index contributed by atoms with van der Waals surface area (Å²) in [5, 5.41) is 3.50. The van der Waals surface area contributed by atoms with E-state index in [1.807, 2.05) is 17.8 Å². The summed E-state index contributed by atoms with van der Waals surface area (Å²) >= 11 is 0. The van der Waals surface area contributed by atoms with Crippen LogP contribution in [0.4, 0.5) is 5.95 Å². The number of hydrogen-bond acceptors (Lipinski definition) is 6. The first kappa shape index (κ1) is 15.8. The molecule has 0 radical (unpaired) electrons. The highest BCUT2D eigenvalue weighted by Gasteiger charge is 2.38. The lowest BCUT2D eigenvalue weighted by molar-refractivity contribution is -0.0319. The number of imidazole rings is 1. The molecule has 1 aliphatic carbocycles. The Morgan fingerprint density at radius 1 is 1.17 bits per heavy atom. The fourth-order valence-corrected chi connectivity index (χ4v) is 4.09. The minimum atomic E-state index is 0.213. The number of nitrogens with zero attached hydrogens (tertiary/aromatic N) is 5. The lowest BCUT2D eigenvalue weighted by Crippen LogP contribution is -2.58. The van der Waals surface area contributed by atoms with Gasteiger partial charge in [-0.1, -0.05) is 19.3 Å². The summed E-state index contributed by atoms with van der Waals surface area (Å²) in [6, 6.07) is 0. The van der Waals surface area contributed by atoms with Crippen molar-refractivity contribution in [2.45, 2.75) is 37.6 Å². The predicted molar refractivity (Wildman–Crippen MR) is 93.0 cm³/mol. The third-order valence-corrected chi connectivity index (χ3v) is 5.52. The number of ether oxygens (including phenoxy) is 1. The zero-order chi connectivity index (χ0) is 16.4. The van der Waals surface area contributed by atoms with E-state index in [1.165, 1.54) is 32.1 Å². The van der Waals surface area contributed by atoms with E-state index >= 15 is 0 Å². The molecule has 1 N–H and O–H groups in total. The van der Waals surface area contributed by atoms with Crippen molar-refractivity contribution in [2.75, 3.05) is 38.2 Å². The molecular formula is C17H26N6O. The highest BCUT2D eigenvalue weighted by molar-refractivity contribution is 5.70. The maximum Gasteiger partial charge on any atom is 0.224 e. The van der Waals surface area contributed by atoms with Gasteiger partial charge in [-0.05, 0) is 12.8 Å². The van der Waals surface area contributed by atoms with Crippen LogP contribution in [-0.2, 0) is 11.8 Å². The molecule has 4 rings (SSSR count). The number of aromatic nitrogens is 4. The minimum Gasteiger partial charge on any atom is -0.379 e. The van der Waals surface area contributed by atoms with Crippen molar-refractivity contribution in [2.24, 2.45) is 7.05 Å². The lowest BCUT2D eigenvalue weighted by atomic mass is 9.80. The second kappa shape index (κ2) is 6.64. The summed E-state index contributed by atoms with van der Waals surface area (Å²) in [4.78, 5) is 16.0. The van der Waals surface area contributed by atoms with Gasteiger partial charge in [-0.2, -0.15) is 4.98 Å². The van der Waals surface area contributed by atoms with Crippen molar-refractivity contribution in [1.82, 2.24) is 24.4 Å². The van der Waals surface area contributed by atoms with Gasteiger partial charge in [0.25, 0.3) is 0 Å². The first-order valence-corrected chi connectivity index (χ1v) is 8.98. The molecule has 0 atom stereocenters. The van der Waals surface area contributed by atoms with Crippen molar-refractivity contribution in [3.05, 3.63) is 12.5 Å². The van der Waals surface area contributed by atoms with Gasteiger partial charge in [0.15, 0.2) is 5.65 Å². The Balaban J connectivity index is 1.51. The predicted octanol–water partition coefficient (Wildman–Crippen LogP) is 1.81. The number of hydrogen-bond donors (Lipinski definition) is 1. The maximum atomic E-state index is 5.55. The molecule has 0 spiro atoms. The zero-order valence-electron chi connectivity index (χ0n) is 14.4. The van der Waals surface area contributed by atoms with Crippen LogP contribution in [0.5, 0.6) is 0 Å². The van der Waals surface area contributed by atoms with E-state index < -0.39 is 0 Å². The molecule has 0 bridgehead atoms. The molecule has 130 valence electrons. The summed E-state index contributed by atoms with van der Waals surface area (Å²) in [5.41, 5.74) is 1.92. The largest absolute Gasteiger partial charge is 0.379 e. The summed E-state index contributed by atoms with van der Waals surface area (Å²) in [6.45, 7) is 4.64. The molecule has 24 heavy (non-hydrogen) atoms. The van der Waals surface area contributed by atoms with Gasteiger partial charge in [0.1, 0.15) is 5.52 Å².